The molecular weight excluding hydrogens is 472 g/mol. The van der Waals surface area contributed by atoms with Gasteiger partial charge in [0.2, 0.25) is 0 Å². The van der Waals surface area contributed by atoms with Crippen LogP contribution in [0.3, 0.4) is 0 Å². The van der Waals surface area contributed by atoms with Crippen molar-refractivity contribution in [2.45, 2.75) is 155 Å². The molecule has 3 rings (SSSR count). The maximum Gasteiger partial charge on any atom is 0.119 e. The maximum absolute atomic E-state index is 6.02. The van der Waals surface area contributed by atoms with Crippen LogP contribution in [0.25, 0.3) is 5.57 Å². The van der Waals surface area contributed by atoms with Crippen LogP contribution in [0.5, 0.6) is 5.75 Å². The van der Waals surface area contributed by atoms with E-state index < -0.39 is 0 Å². The Labute approximate surface area is 243 Å². The smallest absolute Gasteiger partial charge is 0.119 e. The van der Waals surface area contributed by atoms with Gasteiger partial charge in [0.25, 0.3) is 0 Å². The molecule has 0 aliphatic heterocycles. The van der Waals surface area contributed by atoms with E-state index in [0.29, 0.717) is 0 Å². The molecule has 0 saturated heterocycles. The van der Waals surface area contributed by atoms with E-state index in [1.807, 2.05) is 0 Å². The predicted octanol–water partition coefficient (Wildman–Crippen LogP) is 12.5. The zero-order valence-electron chi connectivity index (χ0n) is 25.9. The van der Waals surface area contributed by atoms with Gasteiger partial charge in [-0.25, -0.2) is 0 Å². The summed E-state index contributed by atoms with van der Waals surface area (Å²) >= 11 is 0. The zero-order valence-corrected chi connectivity index (χ0v) is 25.9. The fourth-order valence-electron chi connectivity index (χ4n) is 6.84. The zero-order chi connectivity index (χ0) is 27.4. The molecular formula is C38H62O. The molecule has 0 bridgehead atoms. The van der Waals surface area contributed by atoms with Gasteiger partial charge in [0, 0.05) is 0 Å². The summed E-state index contributed by atoms with van der Waals surface area (Å²) in [6, 6.07) is 8.81. The fraction of sp³-hybridized carbons (Fsp3) is 0.737. The Morgan fingerprint density at radius 2 is 1.21 bits per heavy atom. The Hall–Kier alpha value is -1.50. The highest BCUT2D eigenvalue weighted by Crippen LogP contribution is 2.39. The molecule has 0 N–H and O–H groups in total. The highest BCUT2D eigenvalue weighted by molar-refractivity contribution is 5.75. The third kappa shape index (κ3) is 13.1. The quantitative estimate of drug-likeness (QED) is 0.142. The molecule has 0 aromatic heterocycles. The highest BCUT2D eigenvalue weighted by atomic mass is 16.5. The fourth-order valence-corrected chi connectivity index (χ4v) is 6.84. The second kappa shape index (κ2) is 20.4. The molecule has 1 fully saturated rings. The second-order valence-corrected chi connectivity index (χ2v) is 12.8. The van der Waals surface area contributed by atoms with Crippen LogP contribution in [0.15, 0.2) is 42.5 Å². The Balaban J connectivity index is 1.24. The van der Waals surface area contributed by atoms with Gasteiger partial charge >= 0.3 is 0 Å². The molecule has 0 amide bonds. The van der Waals surface area contributed by atoms with Crippen molar-refractivity contribution in [3.05, 3.63) is 48.1 Å². The monoisotopic (exact) mass is 534 g/mol. The molecule has 2 aliphatic carbocycles. The summed E-state index contributed by atoms with van der Waals surface area (Å²) in [5.41, 5.74) is 2.72. The summed E-state index contributed by atoms with van der Waals surface area (Å²) in [7, 11) is 0. The number of hydrogen-bond acceptors (Lipinski definition) is 1. The number of ether oxygens (including phenoxy) is 1. The first-order valence-corrected chi connectivity index (χ1v) is 17.4. The van der Waals surface area contributed by atoms with Crippen LogP contribution in [-0.4, -0.2) is 6.61 Å². The molecule has 1 aromatic carbocycles. The summed E-state index contributed by atoms with van der Waals surface area (Å²) < 4.78 is 6.02. The van der Waals surface area contributed by atoms with Crippen molar-refractivity contribution in [1.82, 2.24) is 0 Å². The lowest BCUT2D eigenvalue weighted by Crippen LogP contribution is -2.21. The topological polar surface area (TPSA) is 9.23 Å². The summed E-state index contributed by atoms with van der Waals surface area (Å²) in [6.45, 7) is 5.44. The number of benzene rings is 1. The molecule has 2 aliphatic rings. The van der Waals surface area contributed by atoms with Crippen LogP contribution < -0.4 is 4.74 Å². The molecule has 220 valence electrons. The number of allylic oxidation sites excluding steroid dienone is 4. The van der Waals surface area contributed by atoms with Gasteiger partial charge in [-0.3, -0.25) is 0 Å². The highest BCUT2D eigenvalue weighted by Gasteiger charge is 2.26. The van der Waals surface area contributed by atoms with Crippen LogP contribution in [0, 0.1) is 17.8 Å². The minimum absolute atomic E-state index is 0.757. The average Bonchev–Trinajstić information content (AvgIpc) is 2.98. The SMILES string of the molecule is CCCCCCCCCCOc1ccc(C2=CCC(C3CCC(CCCCCCCCCC)CC3)C=C2)cc1. The lowest BCUT2D eigenvalue weighted by molar-refractivity contribution is 0.218. The second-order valence-electron chi connectivity index (χ2n) is 12.8. The van der Waals surface area contributed by atoms with Crippen LogP contribution in [0.1, 0.15) is 161 Å². The number of rotatable bonds is 21. The van der Waals surface area contributed by atoms with Gasteiger partial charge in [0.1, 0.15) is 5.75 Å². The van der Waals surface area contributed by atoms with E-state index in [0.717, 1.165) is 30.1 Å². The third-order valence-corrected chi connectivity index (χ3v) is 9.55. The summed E-state index contributed by atoms with van der Waals surface area (Å²) in [6.07, 6.45) is 38.3. The van der Waals surface area contributed by atoms with E-state index in [1.54, 1.807) is 0 Å². The van der Waals surface area contributed by atoms with E-state index in [2.05, 4.69) is 56.3 Å². The minimum atomic E-state index is 0.757. The van der Waals surface area contributed by atoms with Gasteiger partial charge in [-0.15, -0.1) is 0 Å². The van der Waals surface area contributed by atoms with E-state index in [1.165, 1.54) is 152 Å². The Morgan fingerprint density at radius 3 is 1.77 bits per heavy atom. The summed E-state index contributed by atoms with van der Waals surface area (Å²) in [5, 5.41) is 0. The van der Waals surface area contributed by atoms with E-state index in [9.17, 15) is 0 Å². The molecule has 1 nitrogen and oxygen atoms in total. The lowest BCUT2D eigenvalue weighted by Gasteiger charge is -2.33. The molecule has 1 unspecified atom stereocenters. The van der Waals surface area contributed by atoms with Crippen LogP contribution in [0.4, 0.5) is 0 Å². The van der Waals surface area contributed by atoms with Gasteiger partial charge in [0.15, 0.2) is 0 Å². The number of unbranched alkanes of at least 4 members (excludes halogenated alkanes) is 14. The van der Waals surface area contributed by atoms with Crippen molar-refractivity contribution in [2.24, 2.45) is 17.8 Å². The Bertz CT molecular complexity index is 779. The minimum Gasteiger partial charge on any atom is -0.494 e. The third-order valence-electron chi connectivity index (χ3n) is 9.55. The molecule has 1 atom stereocenters. The first kappa shape index (κ1) is 32.0. The summed E-state index contributed by atoms with van der Waals surface area (Å²) in [5.74, 6) is 3.69. The summed E-state index contributed by atoms with van der Waals surface area (Å²) in [4.78, 5) is 0. The van der Waals surface area contributed by atoms with Crippen molar-refractivity contribution in [3.8, 4) is 5.75 Å². The van der Waals surface area contributed by atoms with Gasteiger partial charge in [-0.1, -0.05) is 160 Å². The standard InChI is InChI=1S/C38H62O/c1-3-5-7-9-11-13-15-17-19-33-20-22-34(23-21-33)35-24-26-36(27-25-35)37-28-30-38(31-29-37)39-32-18-16-14-12-10-8-6-4-2/h24,26-31,33-35H,3-23,25,32H2,1-2H3. The van der Waals surface area contributed by atoms with Crippen molar-refractivity contribution in [1.29, 1.82) is 0 Å². The van der Waals surface area contributed by atoms with E-state index in [-0.39, 0.29) is 0 Å². The van der Waals surface area contributed by atoms with Crippen LogP contribution >= 0.6 is 0 Å². The van der Waals surface area contributed by atoms with Gasteiger partial charge in [0.05, 0.1) is 6.61 Å². The lowest BCUT2D eigenvalue weighted by atomic mass is 9.72. The molecule has 39 heavy (non-hydrogen) atoms. The first-order chi connectivity index (χ1) is 19.3. The molecule has 1 aromatic rings. The molecule has 1 saturated carbocycles. The van der Waals surface area contributed by atoms with Crippen molar-refractivity contribution in [3.63, 3.8) is 0 Å². The predicted molar refractivity (Wildman–Crippen MR) is 172 cm³/mol. The van der Waals surface area contributed by atoms with Gasteiger partial charge < -0.3 is 4.74 Å². The molecule has 0 spiro atoms. The molecule has 0 radical (unpaired) electrons. The van der Waals surface area contributed by atoms with Crippen LogP contribution in [0.2, 0.25) is 0 Å². The molecule has 1 heteroatoms. The largest absolute Gasteiger partial charge is 0.494 e. The Kier molecular flexibility index (Phi) is 16.7. The maximum atomic E-state index is 6.02. The number of hydrogen-bond donors (Lipinski definition) is 0. The first-order valence-electron chi connectivity index (χ1n) is 17.4. The Morgan fingerprint density at radius 1 is 0.641 bits per heavy atom. The normalized spacial score (nSPS) is 21.2. The van der Waals surface area contributed by atoms with E-state index >= 15 is 0 Å². The van der Waals surface area contributed by atoms with Gasteiger partial charge in [-0.2, -0.15) is 0 Å². The van der Waals surface area contributed by atoms with Crippen molar-refractivity contribution in [2.75, 3.05) is 6.61 Å². The van der Waals surface area contributed by atoms with Crippen molar-refractivity contribution < 1.29 is 4.74 Å². The molecule has 0 heterocycles. The van der Waals surface area contributed by atoms with Crippen molar-refractivity contribution >= 4 is 5.57 Å². The average molecular weight is 535 g/mol. The van der Waals surface area contributed by atoms with E-state index in [4.69, 9.17) is 4.74 Å². The van der Waals surface area contributed by atoms with Gasteiger partial charge in [-0.05, 0) is 66.7 Å². The van der Waals surface area contributed by atoms with Crippen LogP contribution in [-0.2, 0) is 0 Å².